The molecule has 5 nitrogen and oxygen atoms in total. The van der Waals surface area contributed by atoms with Crippen molar-refractivity contribution in [2.24, 2.45) is 0 Å². The third-order valence-electron chi connectivity index (χ3n) is 3.37. The van der Waals surface area contributed by atoms with Crippen molar-refractivity contribution in [1.29, 1.82) is 0 Å². The van der Waals surface area contributed by atoms with E-state index in [0.29, 0.717) is 0 Å². The number of hydrogen-bond donors (Lipinski definition) is 0. The van der Waals surface area contributed by atoms with Crippen molar-refractivity contribution in [3.05, 3.63) is 45.5 Å². The van der Waals surface area contributed by atoms with Gasteiger partial charge in [0.1, 0.15) is 0 Å². The van der Waals surface area contributed by atoms with Crippen LogP contribution in [-0.2, 0) is 9.53 Å². The Morgan fingerprint density at radius 1 is 1.50 bits per heavy atom. The van der Waals surface area contributed by atoms with Crippen molar-refractivity contribution in [3.63, 3.8) is 0 Å². The zero-order chi connectivity index (χ0) is 13.3. The molecule has 2 rings (SSSR count). The summed E-state index contributed by atoms with van der Waals surface area (Å²) in [5.41, 5.74) is 0.346. The minimum absolute atomic E-state index is 0.162. The number of carbonyl (C=O) groups is 1. The molecule has 1 fully saturated rings. The van der Waals surface area contributed by atoms with E-state index in [9.17, 15) is 14.9 Å². The van der Waals surface area contributed by atoms with Gasteiger partial charge in [0.15, 0.2) is 0 Å². The molecule has 1 aromatic rings. The third-order valence-corrected chi connectivity index (χ3v) is 3.37. The first kappa shape index (κ1) is 12.5. The summed E-state index contributed by atoms with van der Waals surface area (Å²) in [4.78, 5) is 22.4. The quantitative estimate of drug-likeness (QED) is 0.465. The number of benzene rings is 1. The number of aryl methyl sites for hydroxylation is 1. The average Bonchev–Trinajstić information content (AvgIpc) is 3.07. The summed E-state index contributed by atoms with van der Waals surface area (Å²) in [5.74, 6) is -1.09. The molecule has 0 spiro atoms. The first-order valence-electron chi connectivity index (χ1n) is 5.90. The second-order valence-electron chi connectivity index (χ2n) is 4.57. The van der Waals surface area contributed by atoms with Gasteiger partial charge in [0.05, 0.1) is 12.5 Å². The van der Waals surface area contributed by atoms with Gasteiger partial charge in [-0.15, -0.1) is 0 Å². The van der Waals surface area contributed by atoms with Crippen molar-refractivity contribution >= 4 is 5.97 Å². The topological polar surface area (TPSA) is 69.4 Å². The number of nitro groups is 1. The summed E-state index contributed by atoms with van der Waals surface area (Å²) >= 11 is 0. The number of esters is 1. The van der Waals surface area contributed by atoms with Gasteiger partial charge in [-0.1, -0.05) is 29.8 Å². The van der Waals surface area contributed by atoms with Crippen LogP contribution in [0, 0.1) is 17.0 Å². The zero-order valence-corrected chi connectivity index (χ0v) is 10.4. The standard InChI is InChI=1S/C13H15NO4/c1-3-18-12(15)13(14(16)17)8-11(13)10-6-4-9(2)5-7-10/h4-7,11H,3,8H2,1-2H3. The molecular weight excluding hydrogens is 234 g/mol. The Morgan fingerprint density at radius 3 is 2.61 bits per heavy atom. The molecule has 1 aliphatic carbocycles. The molecule has 0 heterocycles. The van der Waals surface area contributed by atoms with Crippen LogP contribution in [0.15, 0.2) is 24.3 Å². The molecule has 18 heavy (non-hydrogen) atoms. The predicted molar refractivity (Wildman–Crippen MR) is 64.9 cm³/mol. The molecular formula is C13H15NO4. The van der Waals surface area contributed by atoms with E-state index in [4.69, 9.17) is 4.74 Å². The highest BCUT2D eigenvalue weighted by molar-refractivity contribution is 5.85. The van der Waals surface area contributed by atoms with Crippen molar-refractivity contribution < 1.29 is 14.5 Å². The van der Waals surface area contributed by atoms with Gasteiger partial charge in [-0.2, -0.15) is 0 Å². The summed E-state index contributed by atoms with van der Waals surface area (Å²) in [7, 11) is 0. The molecule has 2 atom stereocenters. The van der Waals surface area contributed by atoms with Crippen molar-refractivity contribution in [2.45, 2.75) is 31.7 Å². The van der Waals surface area contributed by atoms with E-state index in [1.807, 2.05) is 31.2 Å². The molecule has 0 saturated heterocycles. The summed E-state index contributed by atoms with van der Waals surface area (Å²) < 4.78 is 4.83. The van der Waals surface area contributed by atoms with Crippen LogP contribution < -0.4 is 0 Å². The molecule has 96 valence electrons. The summed E-state index contributed by atoms with van der Waals surface area (Å²) in [5, 5.41) is 11.2. The zero-order valence-electron chi connectivity index (χ0n) is 10.4. The van der Waals surface area contributed by atoms with E-state index in [1.54, 1.807) is 6.92 Å². The van der Waals surface area contributed by atoms with E-state index < -0.39 is 16.4 Å². The van der Waals surface area contributed by atoms with Gasteiger partial charge in [0, 0.05) is 11.3 Å². The monoisotopic (exact) mass is 249 g/mol. The van der Waals surface area contributed by atoms with Gasteiger partial charge in [0.25, 0.3) is 0 Å². The lowest BCUT2D eigenvalue weighted by atomic mass is 10.0. The molecule has 0 N–H and O–H groups in total. The predicted octanol–water partition coefficient (Wildman–Crippen LogP) is 2.06. The van der Waals surface area contributed by atoms with Crippen molar-refractivity contribution in [3.8, 4) is 0 Å². The van der Waals surface area contributed by atoms with Crippen molar-refractivity contribution in [1.82, 2.24) is 0 Å². The molecule has 5 heteroatoms. The van der Waals surface area contributed by atoms with Gasteiger partial charge in [-0.3, -0.25) is 10.1 Å². The second-order valence-corrected chi connectivity index (χ2v) is 4.57. The van der Waals surface area contributed by atoms with Crippen LogP contribution in [0.2, 0.25) is 0 Å². The lowest BCUT2D eigenvalue weighted by Gasteiger charge is -2.08. The van der Waals surface area contributed by atoms with Crippen LogP contribution in [0.1, 0.15) is 30.4 Å². The van der Waals surface area contributed by atoms with E-state index in [1.165, 1.54) is 0 Å². The molecule has 1 saturated carbocycles. The SMILES string of the molecule is CCOC(=O)C1([N+](=O)[O-])CC1c1ccc(C)cc1. The Bertz CT molecular complexity index is 482. The maximum Gasteiger partial charge on any atom is 0.385 e. The number of carbonyl (C=O) groups excluding carboxylic acids is 1. The summed E-state index contributed by atoms with van der Waals surface area (Å²) in [6, 6.07) is 7.46. The van der Waals surface area contributed by atoms with E-state index in [-0.39, 0.29) is 18.9 Å². The van der Waals surface area contributed by atoms with Gasteiger partial charge < -0.3 is 4.74 Å². The average molecular weight is 249 g/mol. The van der Waals surface area contributed by atoms with Crippen LogP contribution >= 0.6 is 0 Å². The second kappa shape index (κ2) is 4.40. The highest BCUT2D eigenvalue weighted by Crippen LogP contribution is 2.54. The fourth-order valence-corrected chi connectivity index (χ4v) is 2.20. The van der Waals surface area contributed by atoms with Crippen LogP contribution in [0.5, 0.6) is 0 Å². The Hall–Kier alpha value is -1.91. The smallest absolute Gasteiger partial charge is 0.385 e. The summed E-state index contributed by atoms with van der Waals surface area (Å²) in [6.45, 7) is 3.76. The first-order chi connectivity index (χ1) is 8.52. The lowest BCUT2D eigenvalue weighted by molar-refractivity contribution is -0.527. The number of hydrogen-bond acceptors (Lipinski definition) is 4. The van der Waals surface area contributed by atoms with E-state index in [0.717, 1.165) is 11.1 Å². The van der Waals surface area contributed by atoms with Gasteiger partial charge in [-0.25, -0.2) is 4.79 Å². The van der Waals surface area contributed by atoms with Crippen LogP contribution in [0.4, 0.5) is 0 Å². The highest BCUT2D eigenvalue weighted by atomic mass is 16.6. The fourth-order valence-electron chi connectivity index (χ4n) is 2.20. The molecule has 0 aliphatic heterocycles. The largest absolute Gasteiger partial charge is 0.461 e. The minimum Gasteiger partial charge on any atom is -0.461 e. The van der Waals surface area contributed by atoms with Crippen LogP contribution in [-0.4, -0.2) is 23.0 Å². The molecule has 0 aromatic heterocycles. The van der Waals surface area contributed by atoms with Crippen LogP contribution in [0.3, 0.4) is 0 Å². The molecule has 0 amide bonds. The third kappa shape index (κ3) is 1.85. The molecule has 1 aliphatic rings. The Labute approximate surface area is 105 Å². The van der Waals surface area contributed by atoms with Gasteiger partial charge >= 0.3 is 11.5 Å². The fraction of sp³-hybridized carbons (Fsp3) is 0.462. The Morgan fingerprint density at radius 2 is 2.11 bits per heavy atom. The molecule has 1 aromatic carbocycles. The molecule has 0 bridgehead atoms. The normalized spacial score (nSPS) is 25.6. The van der Waals surface area contributed by atoms with Gasteiger partial charge in [-0.05, 0) is 19.4 Å². The van der Waals surface area contributed by atoms with E-state index in [2.05, 4.69) is 0 Å². The number of nitrogens with zero attached hydrogens (tertiary/aromatic N) is 1. The molecule has 0 radical (unpaired) electrons. The Balaban J connectivity index is 2.25. The van der Waals surface area contributed by atoms with E-state index >= 15 is 0 Å². The maximum absolute atomic E-state index is 11.8. The van der Waals surface area contributed by atoms with Crippen LogP contribution in [0.25, 0.3) is 0 Å². The number of rotatable bonds is 4. The van der Waals surface area contributed by atoms with Gasteiger partial charge in [0.2, 0.25) is 0 Å². The van der Waals surface area contributed by atoms with Crippen molar-refractivity contribution in [2.75, 3.05) is 6.61 Å². The highest BCUT2D eigenvalue weighted by Gasteiger charge is 2.73. The maximum atomic E-state index is 11.8. The Kier molecular flexibility index (Phi) is 3.07. The first-order valence-corrected chi connectivity index (χ1v) is 5.90. The minimum atomic E-state index is -1.56. The molecule has 2 unspecified atom stereocenters. The summed E-state index contributed by atoms with van der Waals surface area (Å²) in [6.07, 6.45) is 0.224. The number of ether oxygens (including phenoxy) is 1. The lowest BCUT2D eigenvalue weighted by Crippen LogP contribution is -2.35.